The Morgan fingerprint density at radius 3 is 2.32 bits per heavy atom. The minimum Gasteiger partial charge on any atom is -0.493 e. The first-order chi connectivity index (χ1) is 16.2. The minimum absolute atomic E-state index is 0.321. The molecule has 0 aromatic heterocycles. The van der Waals surface area contributed by atoms with Crippen LogP contribution in [0.2, 0.25) is 0 Å². The van der Waals surface area contributed by atoms with Crippen LogP contribution in [0.4, 0.5) is 23.7 Å². The van der Waals surface area contributed by atoms with Gasteiger partial charge in [0.2, 0.25) is 0 Å². The number of hydrogen-bond acceptors (Lipinski definition) is 3. The number of halogens is 3. The number of methoxy groups -OCH3 is 2. The molecular weight excluding hydrogens is 445 g/mol. The van der Waals surface area contributed by atoms with Gasteiger partial charge in [0.1, 0.15) is 0 Å². The van der Waals surface area contributed by atoms with Crippen LogP contribution >= 0.6 is 0 Å². The first kappa shape index (κ1) is 23.5. The van der Waals surface area contributed by atoms with Gasteiger partial charge in [-0.15, -0.1) is 0 Å². The maximum absolute atomic E-state index is 13.5. The van der Waals surface area contributed by atoms with E-state index in [1.807, 2.05) is 25.1 Å². The highest BCUT2D eigenvalue weighted by molar-refractivity contribution is 5.90. The Labute approximate surface area is 196 Å². The van der Waals surface area contributed by atoms with Crippen molar-refractivity contribution in [1.82, 2.24) is 4.90 Å². The molecule has 1 aliphatic rings. The molecule has 1 aliphatic heterocycles. The number of ether oxygens (including phenoxy) is 2. The Kier molecular flexibility index (Phi) is 6.41. The van der Waals surface area contributed by atoms with Crippen LogP contribution < -0.4 is 14.8 Å². The Morgan fingerprint density at radius 2 is 1.68 bits per heavy atom. The number of alkyl halides is 3. The van der Waals surface area contributed by atoms with Gasteiger partial charge < -0.3 is 19.7 Å². The number of aryl methyl sites for hydroxylation is 1. The predicted molar refractivity (Wildman–Crippen MR) is 123 cm³/mol. The van der Waals surface area contributed by atoms with Crippen LogP contribution in [0.5, 0.6) is 11.5 Å². The summed E-state index contributed by atoms with van der Waals surface area (Å²) in [5.74, 6) is 0.973. The summed E-state index contributed by atoms with van der Waals surface area (Å²) in [7, 11) is 3.02. The summed E-state index contributed by atoms with van der Waals surface area (Å²) in [6.45, 7) is 2.26. The normalized spacial score (nSPS) is 15.5. The third-order valence-corrected chi connectivity index (χ3v) is 5.97. The second-order valence-electron chi connectivity index (χ2n) is 8.17. The third kappa shape index (κ3) is 4.66. The Bertz CT molecular complexity index is 1190. The lowest BCUT2D eigenvalue weighted by atomic mass is 9.87. The van der Waals surface area contributed by atoms with Crippen molar-refractivity contribution in [3.05, 3.63) is 88.5 Å². The fraction of sp³-hybridized carbons (Fsp3) is 0.269. The number of nitrogens with zero attached hydrogens (tertiary/aromatic N) is 1. The van der Waals surface area contributed by atoms with E-state index in [1.54, 1.807) is 29.2 Å². The van der Waals surface area contributed by atoms with Gasteiger partial charge in [0.15, 0.2) is 11.5 Å². The number of amides is 2. The Morgan fingerprint density at radius 1 is 1.00 bits per heavy atom. The van der Waals surface area contributed by atoms with Crippen molar-refractivity contribution in [3.63, 3.8) is 0 Å². The van der Waals surface area contributed by atoms with Crippen molar-refractivity contribution < 1.29 is 27.4 Å². The van der Waals surface area contributed by atoms with Gasteiger partial charge in [-0.2, -0.15) is 13.2 Å². The number of hydrogen-bond donors (Lipinski definition) is 1. The van der Waals surface area contributed by atoms with Crippen LogP contribution in [0.25, 0.3) is 0 Å². The first-order valence-corrected chi connectivity index (χ1v) is 10.8. The van der Waals surface area contributed by atoms with Crippen molar-refractivity contribution >= 4 is 11.7 Å². The molecule has 0 bridgehead atoms. The van der Waals surface area contributed by atoms with Gasteiger partial charge in [-0.25, -0.2) is 4.79 Å². The number of nitrogens with one attached hydrogen (secondary N) is 1. The molecule has 0 fully saturated rings. The van der Waals surface area contributed by atoms with Crippen molar-refractivity contribution in [1.29, 1.82) is 0 Å². The molecule has 8 heteroatoms. The number of carbonyl (C=O) groups is 1. The highest BCUT2D eigenvalue weighted by Gasteiger charge is 2.36. The quantitative estimate of drug-likeness (QED) is 0.493. The summed E-state index contributed by atoms with van der Waals surface area (Å²) in [4.78, 5) is 14.9. The van der Waals surface area contributed by atoms with Crippen LogP contribution in [-0.4, -0.2) is 31.7 Å². The maximum atomic E-state index is 13.5. The largest absolute Gasteiger partial charge is 0.493 e. The van der Waals surface area contributed by atoms with E-state index in [9.17, 15) is 18.0 Å². The van der Waals surface area contributed by atoms with E-state index in [1.165, 1.54) is 20.3 Å². The van der Waals surface area contributed by atoms with Gasteiger partial charge in [-0.1, -0.05) is 29.8 Å². The third-order valence-electron chi connectivity index (χ3n) is 5.97. The van der Waals surface area contributed by atoms with Gasteiger partial charge in [0, 0.05) is 12.2 Å². The van der Waals surface area contributed by atoms with Crippen molar-refractivity contribution in [2.24, 2.45) is 0 Å². The molecule has 0 saturated heterocycles. The van der Waals surface area contributed by atoms with Gasteiger partial charge in [0.25, 0.3) is 0 Å². The molecular formula is C26H25F3N2O3. The minimum atomic E-state index is -4.50. The lowest BCUT2D eigenvalue weighted by Gasteiger charge is -2.38. The molecule has 1 N–H and O–H groups in total. The van der Waals surface area contributed by atoms with E-state index in [0.717, 1.165) is 23.3 Å². The molecule has 34 heavy (non-hydrogen) atoms. The molecule has 0 spiro atoms. The molecule has 1 heterocycles. The van der Waals surface area contributed by atoms with Crippen LogP contribution in [0, 0.1) is 6.92 Å². The average molecular weight is 470 g/mol. The summed E-state index contributed by atoms with van der Waals surface area (Å²) in [5.41, 5.74) is 2.84. The van der Waals surface area contributed by atoms with Crippen molar-refractivity contribution in [2.75, 3.05) is 26.1 Å². The highest BCUT2D eigenvalue weighted by atomic mass is 19.4. The number of benzene rings is 3. The summed E-state index contributed by atoms with van der Waals surface area (Å²) in [6, 6.07) is 14.9. The topological polar surface area (TPSA) is 50.8 Å². The van der Waals surface area contributed by atoms with Crippen LogP contribution in [0.3, 0.4) is 0 Å². The fourth-order valence-electron chi connectivity index (χ4n) is 4.24. The van der Waals surface area contributed by atoms with E-state index < -0.39 is 23.8 Å². The number of urea groups is 1. The van der Waals surface area contributed by atoms with E-state index in [2.05, 4.69) is 5.32 Å². The summed E-state index contributed by atoms with van der Waals surface area (Å²) in [6.07, 6.45) is -3.98. The number of anilines is 1. The van der Waals surface area contributed by atoms with Crippen LogP contribution in [0.1, 0.15) is 33.9 Å². The van der Waals surface area contributed by atoms with Crippen molar-refractivity contribution in [3.8, 4) is 11.5 Å². The molecule has 0 aliphatic carbocycles. The lowest BCUT2D eigenvalue weighted by molar-refractivity contribution is -0.137. The highest BCUT2D eigenvalue weighted by Crippen LogP contribution is 2.42. The van der Waals surface area contributed by atoms with E-state index >= 15 is 0 Å². The average Bonchev–Trinajstić information content (AvgIpc) is 2.83. The smallest absolute Gasteiger partial charge is 0.416 e. The Balaban J connectivity index is 1.80. The second-order valence-corrected chi connectivity index (χ2v) is 8.17. The zero-order valence-electron chi connectivity index (χ0n) is 19.1. The van der Waals surface area contributed by atoms with Gasteiger partial charge in [-0.05, 0) is 66.4 Å². The molecule has 2 amide bonds. The number of rotatable bonds is 4. The van der Waals surface area contributed by atoms with Gasteiger partial charge in [0.05, 0.1) is 25.8 Å². The molecule has 0 radical (unpaired) electrons. The molecule has 3 aromatic rings. The number of carbonyl (C=O) groups excluding carboxylic acids is 1. The maximum Gasteiger partial charge on any atom is 0.416 e. The molecule has 4 rings (SSSR count). The monoisotopic (exact) mass is 470 g/mol. The second kappa shape index (κ2) is 9.29. The molecule has 0 saturated carbocycles. The van der Waals surface area contributed by atoms with Gasteiger partial charge in [-0.3, -0.25) is 0 Å². The molecule has 3 aromatic carbocycles. The fourth-order valence-corrected chi connectivity index (χ4v) is 4.24. The zero-order valence-corrected chi connectivity index (χ0v) is 19.1. The molecule has 178 valence electrons. The van der Waals surface area contributed by atoms with E-state index in [-0.39, 0.29) is 0 Å². The molecule has 0 unspecified atom stereocenters. The summed E-state index contributed by atoms with van der Waals surface area (Å²) >= 11 is 0. The van der Waals surface area contributed by atoms with E-state index in [0.29, 0.717) is 41.3 Å². The van der Waals surface area contributed by atoms with Crippen molar-refractivity contribution in [2.45, 2.75) is 25.6 Å². The Hall–Kier alpha value is -3.68. The van der Waals surface area contributed by atoms with Crippen LogP contribution in [0.15, 0.2) is 60.7 Å². The first-order valence-electron chi connectivity index (χ1n) is 10.8. The summed E-state index contributed by atoms with van der Waals surface area (Å²) in [5, 5.41) is 2.87. The molecule has 1 atom stereocenters. The van der Waals surface area contributed by atoms with Gasteiger partial charge >= 0.3 is 12.2 Å². The zero-order chi connectivity index (χ0) is 24.5. The van der Waals surface area contributed by atoms with E-state index in [4.69, 9.17) is 9.47 Å². The van der Waals surface area contributed by atoms with Crippen LogP contribution in [-0.2, 0) is 12.6 Å². The molecule has 5 nitrogen and oxygen atoms in total. The number of fused-ring (bicyclic) bond motifs is 1. The lowest BCUT2D eigenvalue weighted by Crippen LogP contribution is -2.43. The predicted octanol–water partition coefficient (Wildman–Crippen LogP) is 6.21. The summed E-state index contributed by atoms with van der Waals surface area (Å²) < 4.78 is 51.3. The standard InChI is InChI=1S/C26H25F3N2O3/c1-16-7-9-20(10-8-16)30-25(32)31-12-11-17-14-22(33-2)23(34-3)15-21(17)24(31)18-5-4-6-19(13-18)26(27,28)29/h4-10,13-15,24H,11-12H2,1-3H3,(H,30,32)/t24-/m0/s1. The SMILES string of the molecule is COc1cc2c(cc1OC)[C@H](c1cccc(C(F)(F)F)c1)N(C(=O)Nc1ccc(C)cc1)CC2.